The van der Waals surface area contributed by atoms with Gasteiger partial charge in [0.2, 0.25) is 0 Å². The number of likely N-dealkylation sites (N-methyl/N-ethyl adjacent to an activating group) is 1. The van der Waals surface area contributed by atoms with Crippen LogP contribution < -0.4 is 5.32 Å². The van der Waals surface area contributed by atoms with E-state index in [0.29, 0.717) is 0 Å². The molecule has 3 heteroatoms. The Hall–Kier alpha value is -1.09. The van der Waals surface area contributed by atoms with E-state index in [1.165, 1.54) is 25.7 Å². The Morgan fingerprint density at radius 2 is 2.19 bits per heavy atom. The zero-order valence-electron chi connectivity index (χ0n) is 9.82. The predicted molar refractivity (Wildman–Crippen MR) is 65.5 cm³/mol. The van der Waals surface area contributed by atoms with Crippen molar-refractivity contribution in [2.24, 2.45) is 0 Å². The van der Waals surface area contributed by atoms with Crippen LogP contribution >= 0.6 is 0 Å². The molecule has 4 rings (SSSR count). The van der Waals surface area contributed by atoms with Crippen molar-refractivity contribution in [2.45, 2.75) is 37.3 Å². The van der Waals surface area contributed by atoms with Gasteiger partial charge in [-0.05, 0) is 44.9 Å². The van der Waals surface area contributed by atoms with Crippen molar-refractivity contribution >= 4 is 5.82 Å². The number of hydrogen-bond acceptors (Lipinski definition) is 3. The zero-order valence-corrected chi connectivity index (χ0v) is 9.82. The summed E-state index contributed by atoms with van der Waals surface area (Å²) in [5, 5.41) is 3.66. The van der Waals surface area contributed by atoms with Gasteiger partial charge in [0.25, 0.3) is 0 Å². The number of hydrogen-bond donors (Lipinski definition) is 1. The van der Waals surface area contributed by atoms with Crippen LogP contribution in [-0.2, 0) is 0 Å². The average molecular weight is 217 g/mol. The third kappa shape index (κ3) is 1.69. The van der Waals surface area contributed by atoms with E-state index in [4.69, 9.17) is 0 Å². The molecule has 0 atom stereocenters. The molecule has 2 saturated heterocycles. The van der Waals surface area contributed by atoms with Crippen LogP contribution in [0.15, 0.2) is 24.4 Å². The second kappa shape index (κ2) is 3.74. The molecule has 16 heavy (non-hydrogen) atoms. The lowest BCUT2D eigenvalue weighted by Gasteiger charge is -2.52. The topological polar surface area (TPSA) is 28.2 Å². The van der Waals surface area contributed by atoms with E-state index < -0.39 is 0 Å². The van der Waals surface area contributed by atoms with Crippen LogP contribution in [0, 0.1) is 0 Å². The fourth-order valence-electron chi connectivity index (χ4n) is 3.23. The lowest BCUT2D eigenvalue weighted by atomic mass is 9.74. The summed E-state index contributed by atoms with van der Waals surface area (Å²) in [4.78, 5) is 6.88. The van der Waals surface area contributed by atoms with Gasteiger partial charge in [-0.15, -0.1) is 0 Å². The van der Waals surface area contributed by atoms with Gasteiger partial charge < -0.3 is 10.2 Å². The third-order valence-corrected chi connectivity index (χ3v) is 4.15. The summed E-state index contributed by atoms with van der Waals surface area (Å²) in [6.07, 6.45) is 7.10. The van der Waals surface area contributed by atoms with Crippen LogP contribution in [0.2, 0.25) is 0 Å². The molecular weight excluding hydrogens is 198 g/mol. The maximum atomic E-state index is 4.38. The number of anilines is 1. The van der Waals surface area contributed by atoms with Crippen LogP contribution in [0.3, 0.4) is 0 Å². The van der Waals surface area contributed by atoms with E-state index in [1.807, 2.05) is 18.3 Å². The number of nitrogens with one attached hydrogen (secondary N) is 1. The Balaban J connectivity index is 1.78. The molecule has 2 bridgehead atoms. The lowest BCUT2D eigenvalue weighted by molar-refractivity contribution is 0.0620. The summed E-state index contributed by atoms with van der Waals surface area (Å²) in [6.45, 7) is 1.16. The monoisotopic (exact) mass is 217 g/mol. The van der Waals surface area contributed by atoms with Gasteiger partial charge >= 0.3 is 0 Å². The maximum absolute atomic E-state index is 4.38. The van der Waals surface area contributed by atoms with Gasteiger partial charge in [0.05, 0.1) is 5.54 Å². The minimum atomic E-state index is 0.276. The second-order valence-corrected chi connectivity index (χ2v) is 5.27. The van der Waals surface area contributed by atoms with Crippen molar-refractivity contribution in [3.63, 3.8) is 0 Å². The molecule has 0 unspecified atom stereocenters. The highest BCUT2D eigenvalue weighted by molar-refractivity contribution is 5.38. The molecule has 1 aliphatic carbocycles. The highest BCUT2D eigenvalue weighted by Gasteiger charge is 2.43. The van der Waals surface area contributed by atoms with Crippen molar-refractivity contribution in [2.75, 3.05) is 18.9 Å². The van der Waals surface area contributed by atoms with Crippen molar-refractivity contribution in [1.82, 2.24) is 9.88 Å². The molecule has 86 valence electrons. The van der Waals surface area contributed by atoms with Gasteiger partial charge in [-0.2, -0.15) is 0 Å². The maximum Gasteiger partial charge on any atom is 0.126 e. The van der Waals surface area contributed by atoms with Crippen LogP contribution in [0.4, 0.5) is 5.82 Å². The number of piperidine rings is 2. The fourth-order valence-corrected chi connectivity index (χ4v) is 3.23. The first-order chi connectivity index (χ1) is 7.77. The van der Waals surface area contributed by atoms with E-state index in [0.717, 1.165) is 18.4 Å². The molecule has 1 N–H and O–H groups in total. The van der Waals surface area contributed by atoms with Gasteiger partial charge in [-0.3, -0.25) is 0 Å². The standard InChI is InChI=1S/C13H19N3/c1-16-10-13(7-5-11(16)6-8-13)15-12-4-2-3-9-14-12/h2-4,9,11H,5-8,10H2,1H3,(H,14,15). The normalized spacial score (nSPS) is 33.9. The average Bonchev–Trinajstić information content (AvgIpc) is 2.31. The van der Waals surface area contributed by atoms with E-state index in [-0.39, 0.29) is 5.54 Å². The molecule has 3 fully saturated rings. The van der Waals surface area contributed by atoms with Crippen LogP contribution in [0.5, 0.6) is 0 Å². The largest absolute Gasteiger partial charge is 0.363 e. The van der Waals surface area contributed by atoms with Gasteiger partial charge in [-0.1, -0.05) is 6.07 Å². The summed E-state index contributed by atoms with van der Waals surface area (Å²) in [5.74, 6) is 1.02. The minimum absolute atomic E-state index is 0.276. The first-order valence-electron chi connectivity index (χ1n) is 6.17. The van der Waals surface area contributed by atoms with Crippen LogP contribution in [0.25, 0.3) is 0 Å². The Labute approximate surface area is 96.9 Å². The summed E-state index contributed by atoms with van der Waals surface area (Å²) in [5.41, 5.74) is 0.276. The van der Waals surface area contributed by atoms with Crippen LogP contribution in [-0.4, -0.2) is 35.1 Å². The molecule has 1 saturated carbocycles. The second-order valence-electron chi connectivity index (χ2n) is 5.27. The molecule has 3 heterocycles. The third-order valence-electron chi connectivity index (χ3n) is 4.15. The fraction of sp³-hybridized carbons (Fsp3) is 0.615. The highest BCUT2D eigenvalue weighted by atomic mass is 15.2. The SMILES string of the molecule is CN1CC2(Nc3ccccn3)CCC1CC2. The summed E-state index contributed by atoms with van der Waals surface area (Å²) >= 11 is 0. The molecule has 0 radical (unpaired) electrons. The van der Waals surface area contributed by atoms with Gasteiger partial charge in [-0.25, -0.2) is 4.98 Å². The van der Waals surface area contributed by atoms with Gasteiger partial charge in [0.1, 0.15) is 5.82 Å². The molecule has 2 aliphatic heterocycles. The zero-order chi connectivity index (χ0) is 11.0. The summed E-state index contributed by atoms with van der Waals surface area (Å²) in [6, 6.07) is 6.90. The Morgan fingerprint density at radius 1 is 1.38 bits per heavy atom. The first-order valence-corrected chi connectivity index (χ1v) is 6.17. The van der Waals surface area contributed by atoms with Crippen LogP contribution in [0.1, 0.15) is 25.7 Å². The molecule has 0 spiro atoms. The van der Waals surface area contributed by atoms with E-state index >= 15 is 0 Å². The molecule has 0 aromatic carbocycles. The Morgan fingerprint density at radius 3 is 2.81 bits per heavy atom. The predicted octanol–water partition coefficient (Wildman–Crippen LogP) is 2.12. The van der Waals surface area contributed by atoms with Crippen molar-refractivity contribution < 1.29 is 0 Å². The number of nitrogens with zero attached hydrogens (tertiary/aromatic N) is 2. The van der Waals surface area contributed by atoms with E-state index in [1.54, 1.807) is 0 Å². The van der Waals surface area contributed by atoms with Crippen molar-refractivity contribution in [1.29, 1.82) is 0 Å². The summed E-state index contributed by atoms with van der Waals surface area (Å²) in [7, 11) is 2.25. The van der Waals surface area contributed by atoms with E-state index in [9.17, 15) is 0 Å². The number of rotatable bonds is 2. The molecule has 0 amide bonds. The van der Waals surface area contributed by atoms with Crippen molar-refractivity contribution in [3.8, 4) is 0 Å². The molecule has 1 aromatic heterocycles. The Kier molecular flexibility index (Phi) is 2.36. The number of fused-ring (bicyclic) bond motifs is 3. The molecule has 1 aromatic rings. The van der Waals surface area contributed by atoms with Gasteiger partial charge in [0.15, 0.2) is 0 Å². The van der Waals surface area contributed by atoms with E-state index in [2.05, 4.69) is 28.3 Å². The smallest absolute Gasteiger partial charge is 0.126 e. The summed E-state index contributed by atoms with van der Waals surface area (Å²) < 4.78 is 0. The highest BCUT2D eigenvalue weighted by Crippen LogP contribution is 2.39. The molecular formula is C13H19N3. The lowest BCUT2D eigenvalue weighted by Crippen LogP contribution is -2.60. The first kappa shape index (κ1) is 10.1. The quantitative estimate of drug-likeness (QED) is 0.822. The Bertz CT molecular complexity index is 355. The molecule has 3 nitrogen and oxygen atoms in total. The number of aromatic nitrogens is 1. The van der Waals surface area contributed by atoms with Crippen molar-refractivity contribution in [3.05, 3.63) is 24.4 Å². The molecule has 3 aliphatic rings. The minimum Gasteiger partial charge on any atom is -0.363 e. The van der Waals surface area contributed by atoms with Gasteiger partial charge in [0, 0.05) is 18.8 Å². The number of pyridine rings is 1.